The van der Waals surface area contributed by atoms with Crippen molar-refractivity contribution in [1.82, 2.24) is 0 Å². The van der Waals surface area contributed by atoms with E-state index in [2.05, 4.69) is 0 Å². The normalized spacial score (nSPS) is 32.8. The van der Waals surface area contributed by atoms with Crippen molar-refractivity contribution < 1.29 is 19.7 Å². The van der Waals surface area contributed by atoms with Crippen LogP contribution in [0, 0.1) is 23.2 Å². The average molecular weight is 314 g/mol. The first-order valence-corrected chi connectivity index (χ1v) is 8.55. The molecule has 0 aromatic carbocycles. The van der Waals surface area contributed by atoms with Crippen LogP contribution in [0.2, 0.25) is 0 Å². The standard InChI is InChI=1S/C18H34O4/c1-8-22-15(19)16(6)10-9-14(17(16,7)20)11-18(21,12(2)3)13(4)5/h12-14,20-21H,8-11H2,1-7H3/t14-,16-,17-/m0/s1. The van der Waals surface area contributed by atoms with Crippen molar-refractivity contribution >= 4 is 5.97 Å². The van der Waals surface area contributed by atoms with Gasteiger partial charge in [0.15, 0.2) is 0 Å². The highest BCUT2D eigenvalue weighted by atomic mass is 16.5. The molecule has 4 heteroatoms. The van der Waals surface area contributed by atoms with Gasteiger partial charge < -0.3 is 14.9 Å². The minimum absolute atomic E-state index is 0.0951. The average Bonchev–Trinajstić information content (AvgIpc) is 2.63. The van der Waals surface area contributed by atoms with Crippen LogP contribution in [0.25, 0.3) is 0 Å². The lowest BCUT2D eigenvalue weighted by Gasteiger charge is -2.43. The van der Waals surface area contributed by atoms with E-state index in [1.807, 2.05) is 27.7 Å². The van der Waals surface area contributed by atoms with E-state index in [1.165, 1.54) is 0 Å². The maximum atomic E-state index is 12.3. The van der Waals surface area contributed by atoms with E-state index in [4.69, 9.17) is 4.74 Å². The van der Waals surface area contributed by atoms with Gasteiger partial charge in [-0.25, -0.2) is 0 Å². The third kappa shape index (κ3) is 3.05. The third-order valence-electron chi connectivity index (χ3n) is 6.20. The number of carbonyl (C=O) groups excluding carboxylic acids is 1. The molecular weight excluding hydrogens is 280 g/mol. The molecule has 1 saturated carbocycles. The zero-order chi connectivity index (χ0) is 17.3. The Bertz CT molecular complexity index is 392. The number of hydrogen-bond donors (Lipinski definition) is 2. The molecule has 3 atom stereocenters. The lowest BCUT2D eigenvalue weighted by molar-refractivity contribution is -0.174. The Kier molecular flexibility index (Phi) is 5.73. The molecule has 0 radical (unpaired) electrons. The molecule has 1 aliphatic carbocycles. The molecule has 0 bridgehead atoms. The molecule has 0 amide bonds. The smallest absolute Gasteiger partial charge is 0.314 e. The summed E-state index contributed by atoms with van der Waals surface area (Å²) in [5.74, 6) is -0.257. The van der Waals surface area contributed by atoms with E-state index in [-0.39, 0.29) is 23.7 Å². The van der Waals surface area contributed by atoms with E-state index in [0.29, 0.717) is 19.4 Å². The van der Waals surface area contributed by atoms with Gasteiger partial charge in [-0.1, -0.05) is 27.7 Å². The minimum Gasteiger partial charge on any atom is -0.465 e. The van der Waals surface area contributed by atoms with Crippen LogP contribution in [-0.2, 0) is 9.53 Å². The largest absolute Gasteiger partial charge is 0.465 e. The summed E-state index contributed by atoms with van der Waals surface area (Å²) in [4.78, 5) is 12.3. The molecule has 0 heterocycles. The first kappa shape index (κ1) is 19.4. The molecule has 1 fully saturated rings. The third-order valence-corrected chi connectivity index (χ3v) is 6.20. The van der Waals surface area contributed by atoms with Gasteiger partial charge in [-0.05, 0) is 57.8 Å². The van der Waals surface area contributed by atoms with E-state index in [9.17, 15) is 15.0 Å². The molecule has 0 aromatic heterocycles. The Morgan fingerprint density at radius 1 is 1.27 bits per heavy atom. The number of esters is 1. The predicted octanol–water partition coefficient (Wildman–Crippen LogP) is 3.15. The van der Waals surface area contributed by atoms with Crippen LogP contribution in [0.1, 0.15) is 67.7 Å². The lowest BCUT2D eigenvalue weighted by Crippen LogP contribution is -2.52. The highest BCUT2D eigenvalue weighted by Gasteiger charge is 2.60. The van der Waals surface area contributed by atoms with E-state index < -0.39 is 16.6 Å². The Labute approximate surface area is 135 Å². The maximum absolute atomic E-state index is 12.3. The number of ether oxygens (including phenoxy) is 1. The van der Waals surface area contributed by atoms with Crippen LogP contribution >= 0.6 is 0 Å². The van der Waals surface area contributed by atoms with Gasteiger partial charge in [-0.2, -0.15) is 0 Å². The minimum atomic E-state index is -1.17. The summed E-state index contributed by atoms with van der Waals surface area (Å²) in [6, 6.07) is 0. The highest BCUT2D eigenvalue weighted by molar-refractivity contribution is 5.78. The summed E-state index contributed by atoms with van der Waals surface area (Å²) in [5.41, 5.74) is -2.91. The molecule has 2 N–H and O–H groups in total. The maximum Gasteiger partial charge on any atom is 0.314 e. The zero-order valence-electron chi connectivity index (χ0n) is 15.3. The molecule has 1 rings (SSSR count). The van der Waals surface area contributed by atoms with Gasteiger partial charge in [0.1, 0.15) is 0 Å². The topological polar surface area (TPSA) is 66.8 Å². The van der Waals surface area contributed by atoms with Crippen molar-refractivity contribution in [3.05, 3.63) is 0 Å². The van der Waals surface area contributed by atoms with E-state index in [1.54, 1.807) is 20.8 Å². The quantitative estimate of drug-likeness (QED) is 0.739. The van der Waals surface area contributed by atoms with Gasteiger partial charge in [0.2, 0.25) is 0 Å². The second-order valence-corrected chi connectivity index (χ2v) is 7.94. The van der Waals surface area contributed by atoms with Crippen molar-refractivity contribution in [3.8, 4) is 0 Å². The Hall–Kier alpha value is -0.610. The van der Waals surface area contributed by atoms with Crippen molar-refractivity contribution in [1.29, 1.82) is 0 Å². The summed E-state index contributed by atoms with van der Waals surface area (Å²) in [5, 5.41) is 22.1. The van der Waals surface area contributed by atoms with Crippen LogP contribution in [0.15, 0.2) is 0 Å². The first-order chi connectivity index (χ1) is 9.93. The molecule has 0 aliphatic heterocycles. The second-order valence-electron chi connectivity index (χ2n) is 7.94. The fraction of sp³-hybridized carbons (Fsp3) is 0.944. The van der Waals surface area contributed by atoms with Gasteiger partial charge in [0.25, 0.3) is 0 Å². The molecular formula is C18H34O4. The monoisotopic (exact) mass is 314 g/mol. The van der Waals surface area contributed by atoms with Crippen molar-refractivity contribution in [2.45, 2.75) is 78.9 Å². The number of hydrogen-bond acceptors (Lipinski definition) is 4. The molecule has 4 nitrogen and oxygen atoms in total. The first-order valence-electron chi connectivity index (χ1n) is 8.55. The van der Waals surface area contributed by atoms with Gasteiger partial charge in [0.05, 0.1) is 23.2 Å². The van der Waals surface area contributed by atoms with Crippen molar-refractivity contribution in [2.24, 2.45) is 23.2 Å². The van der Waals surface area contributed by atoms with Crippen LogP contribution in [0.5, 0.6) is 0 Å². The highest BCUT2D eigenvalue weighted by Crippen LogP contribution is 2.54. The van der Waals surface area contributed by atoms with Crippen molar-refractivity contribution in [3.63, 3.8) is 0 Å². The zero-order valence-corrected chi connectivity index (χ0v) is 15.3. The van der Waals surface area contributed by atoms with E-state index in [0.717, 1.165) is 6.42 Å². The SMILES string of the molecule is CCOC(=O)[C@]1(C)CC[C@@H](CC(O)(C(C)C)C(C)C)[C@]1(C)O. The predicted molar refractivity (Wildman–Crippen MR) is 87.3 cm³/mol. The second kappa shape index (κ2) is 6.48. The summed E-state index contributed by atoms with van der Waals surface area (Å²) < 4.78 is 5.18. The molecule has 22 heavy (non-hydrogen) atoms. The van der Waals surface area contributed by atoms with Gasteiger partial charge in [-0.3, -0.25) is 4.79 Å². The number of rotatable bonds is 6. The lowest BCUT2D eigenvalue weighted by atomic mass is 9.68. The molecule has 0 saturated heterocycles. The summed E-state index contributed by atoms with van der Waals surface area (Å²) in [6.45, 7) is 13.6. The van der Waals surface area contributed by atoms with Gasteiger partial charge >= 0.3 is 5.97 Å². The fourth-order valence-electron chi connectivity index (χ4n) is 3.88. The van der Waals surface area contributed by atoms with Gasteiger partial charge in [-0.15, -0.1) is 0 Å². The van der Waals surface area contributed by atoms with Crippen LogP contribution in [-0.4, -0.2) is 34.0 Å². The fourth-order valence-corrected chi connectivity index (χ4v) is 3.88. The molecule has 0 aromatic rings. The summed E-state index contributed by atoms with van der Waals surface area (Å²) >= 11 is 0. The molecule has 1 aliphatic rings. The molecule has 130 valence electrons. The number of aliphatic hydroxyl groups is 2. The number of carbonyl (C=O) groups is 1. The Morgan fingerprint density at radius 2 is 1.77 bits per heavy atom. The molecule has 0 unspecified atom stereocenters. The summed E-state index contributed by atoms with van der Waals surface area (Å²) in [7, 11) is 0. The van der Waals surface area contributed by atoms with Crippen LogP contribution in [0.4, 0.5) is 0 Å². The summed E-state index contributed by atoms with van der Waals surface area (Å²) in [6.07, 6.45) is 1.82. The van der Waals surface area contributed by atoms with Crippen LogP contribution < -0.4 is 0 Å². The molecule has 0 spiro atoms. The van der Waals surface area contributed by atoms with Crippen molar-refractivity contribution in [2.75, 3.05) is 6.61 Å². The Balaban J connectivity index is 3.03. The van der Waals surface area contributed by atoms with E-state index >= 15 is 0 Å². The van der Waals surface area contributed by atoms with Gasteiger partial charge in [0, 0.05) is 0 Å². The Morgan fingerprint density at radius 3 is 2.18 bits per heavy atom. The van der Waals surface area contributed by atoms with Crippen LogP contribution in [0.3, 0.4) is 0 Å².